The largest absolute Gasteiger partial charge is 0.443 e. The van der Waals surface area contributed by atoms with E-state index in [9.17, 15) is 4.79 Å². The zero-order valence-electron chi connectivity index (χ0n) is 15.5. The zero-order chi connectivity index (χ0) is 19.1. The minimum Gasteiger partial charge on any atom is -0.443 e. The molecule has 0 spiro atoms. The summed E-state index contributed by atoms with van der Waals surface area (Å²) in [6.45, 7) is 3.84. The van der Waals surface area contributed by atoms with Crippen molar-refractivity contribution in [1.29, 1.82) is 0 Å². The highest BCUT2D eigenvalue weighted by Gasteiger charge is 2.30. The Hall–Kier alpha value is -3.01. The third kappa shape index (κ3) is 3.42. The number of aromatic nitrogens is 5. The van der Waals surface area contributed by atoms with Crippen molar-refractivity contribution in [3.63, 3.8) is 0 Å². The third-order valence-corrected chi connectivity index (χ3v) is 5.27. The molecule has 0 aromatic carbocycles. The van der Waals surface area contributed by atoms with Crippen LogP contribution < -0.4 is 5.73 Å². The molecule has 2 fully saturated rings. The van der Waals surface area contributed by atoms with Crippen molar-refractivity contribution < 1.29 is 9.21 Å². The predicted molar refractivity (Wildman–Crippen MR) is 100 cm³/mol. The van der Waals surface area contributed by atoms with E-state index >= 15 is 0 Å². The van der Waals surface area contributed by atoms with E-state index in [-0.39, 0.29) is 11.9 Å². The fourth-order valence-electron chi connectivity index (χ4n) is 3.53. The van der Waals surface area contributed by atoms with Crippen molar-refractivity contribution in [2.45, 2.75) is 19.3 Å². The number of hydrogen-bond donors (Lipinski definition) is 1. The molecule has 1 saturated carbocycles. The Kier molecular flexibility index (Phi) is 4.19. The Balaban J connectivity index is 1.24. The van der Waals surface area contributed by atoms with Gasteiger partial charge in [-0.1, -0.05) is 0 Å². The Morgan fingerprint density at radius 3 is 2.89 bits per heavy atom. The number of carbonyl (C=O) groups is 1. The van der Waals surface area contributed by atoms with Crippen LogP contribution in [0.2, 0.25) is 0 Å². The second-order valence-corrected chi connectivity index (χ2v) is 7.44. The molecule has 0 radical (unpaired) electrons. The maximum Gasteiger partial charge on any atom is 0.245 e. The monoisotopic (exact) mass is 382 g/mol. The number of piperazine rings is 1. The number of anilines is 1. The van der Waals surface area contributed by atoms with Gasteiger partial charge in [-0.2, -0.15) is 4.52 Å². The minimum atomic E-state index is 0.227. The number of nitrogens with two attached hydrogens (primary N) is 1. The standard InChI is InChI=1S/C18H22N8O2/c19-18-21-13(17-20-4-8-28-17)9-15-22-14(23-26(15)18)3-5-24-6-7-25(16(27)11-24)10-12-1-2-12/h4,8-9,12H,1-3,5-7,10-11H2,(H2,19,21). The molecule has 5 rings (SSSR count). The summed E-state index contributed by atoms with van der Waals surface area (Å²) >= 11 is 0. The number of oxazole rings is 1. The molecule has 0 bridgehead atoms. The fraction of sp³-hybridized carbons (Fsp3) is 0.500. The molecule has 0 atom stereocenters. The van der Waals surface area contributed by atoms with Crippen molar-refractivity contribution in [1.82, 2.24) is 34.4 Å². The summed E-state index contributed by atoms with van der Waals surface area (Å²) in [4.78, 5) is 29.4. The molecule has 4 heterocycles. The highest BCUT2D eigenvalue weighted by molar-refractivity contribution is 5.79. The lowest BCUT2D eigenvalue weighted by atomic mass is 10.2. The van der Waals surface area contributed by atoms with E-state index in [1.54, 1.807) is 12.3 Å². The minimum absolute atomic E-state index is 0.227. The number of amides is 1. The molecule has 3 aromatic heterocycles. The van der Waals surface area contributed by atoms with E-state index in [0.717, 1.165) is 32.1 Å². The molecule has 3 aromatic rings. The summed E-state index contributed by atoms with van der Waals surface area (Å²) in [6, 6.07) is 1.75. The lowest BCUT2D eigenvalue weighted by Gasteiger charge is -2.34. The summed E-state index contributed by atoms with van der Waals surface area (Å²) < 4.78 is 6.79. The summed E-state index contributed by atoms with van der Waals surface area (Å²) in [5.74, 6) is 2.25. The maximum absolute atomic E-state index is 12.3. The first-order valence-corrected chi connectivity index (χ1v) is 9.58. The first kappa shape index (κ1) is 17.1. The lowest BCUT2D eigenvalue weighted by Crippen LogP contribution is -2.51. The SMILES string of the molecule is Nc1nc(-c2ncco2)cc2nc(CCN3CCN(CC4CC4)C(=O)C3)nn12. The molecular weight excluding hydrogens is 360 g/mol. The van der Waals surface area contributed by atoms with Gasteiger partial charge in [-0.3, -0.25) is 9.69 Å². The number of nitrogen functional groups attached to an aromatic ring is 1. The normalized spacial score (nSPS) is 18.3. The van der Waals surface area contributed by atoms with Crippen LogP contribution in [0.15, 0.2) is 22.9 Å². The molecule has 10 nitrogen and oxygen atoms in total. The van der Waals surface area contributed by atoms with E-state index in [1.165, 1.54) is 23.6 Å². The van der Waals surface area contributed by atoms with Crippen LogP contribution in [0.4, 0.5) is 5.95 Å². The van der Waals surface area contributed by atoms with E-state index < -0.39 is 0 Å². The van der Waals surface area contributed by atoms with Gasteiger partial charge in [0.25, 0.3) is 0 Å². The van der Waals surface area contributed by atoms with Crippen molar-refractivity contribution >= 4 is 17.5 Å². The molecule has 1 aliphatic carbocycles. The van der Waals surface area contributed by atoms with Crippen LogP contribution in [0.25, 0.3) is 17.2 Å². The molecule has 146 valence electrons. The van der Waals surface area contributed by atoms with Crippen LogP contribution in [0, 0.1) is 5.92 Å². The summed E-state index contributed by atoms with van der Waals surface area (Å²) in [7, 11) is 0. The number of fused-ring (bicyclic) bond motifs is 1. The highest BCUT2D eigenvalue weighted by atomic mass is 16.3. The Morgan fingerprint density at radius 2 is 2.14 bits per heavy atom. The van der Waals surface area contributed by atoms with Crippen molar-refractivity contribution in [2.75, 3.05) is 38.5 Å². The second-order valence-electron chi connectivity index (χ2n) is 7.44. The van der Waals surface area contributed by atoms with E-state index in [1.807, 2.05) is 4.90 Å². The van der Waals surface area contributed by atoms with Gasteiger partial charge in [0, 0.05) is 38.7 Å². The second kappa shape index (κ2) is 6.86. The molecule has 10 heteroatoms. The summed E-state index contributed by atoms with van der Waals surface area (Å²) in [5, 5.41) is 4.45. The van der Waals surface area contributed by atoms with Gasteiger partial charge in [-0.25, -0.2) is 15.0 Å². The smallest absolute Gasteiger partial charge is 0.245 e. The molecular formula is C18H22N8O2. The van der Waals surface area contributed by atoms with Crippen LogP contribution in [0.3, 0.4) is 0 Å². The molecule has 2 aliphatic rings. The first-order valence-electron chi connectivity index (χ1n) is 9.58. The van der Waals surface area contributed by atoms with Crippen molar-refractivity contribution in [3.05, 3.63) is 24.4 Å². The van der Waals surface area contributed by atoms with Crippen LogP contribution in [0.1, 0.15) is 18.7 Å². The number of nitrogens with zero attached hydrogens (tertiary/aromatic N) is 7. The van der Waals surface area contributed by atoms with E-state index in [0.29, 0.717) is 36.0 Å². The van der Waals surface area contributed by atoms with Gasteiger partial charge in [-0.15, -0.1) is 5.10 Å². The molecule has 0 unspecified atom stereocenters. The Bertz CT molecular complexity index is 995. The topological polar surface area (TPSA) is 119 Å². The average molecular weight is 382 g/mol. The van der Waals surface area contributed by atoms with Gasteiger partial charge in [0.1, 0.15) is 12.0 Å². The molecule has 28 heavy (non-hydrogen) atoms. The van der Waals surface area contributed by atoms with Crippen LogP contribution in [-0.4, -0.2) is 73.0 Å². The van der Waals surface area contributed by atoms with Crippen LogP contribution in [0.5, 0.6) is 0 Å². The maximum atomic E-state index is 12.3. The van der Waals surface area contributed by atoms with Crippen LogP contribution in [-0.2, 0) is 11.2 Å². The lowest BCUT2D eigenvalue weighted by molar-refractivity contribution is -0.136. The van der Waals surface area contributed by atoms with Gasteiger partial charge < -0.3 is 15.1 Å². The van der Waals surface area contributed by atoms with E-state index in [2.05, 4.69) is 25.0 Å². The molecule has 1 saturated heterocycles. The third-order valence-electron chi connectivity index (χ3n) is 5.27. The van der Waals surface area contributed by atoms with E-state index in [4.69, 9.17) is 10.2 Å². The Labute approximate surface area is 161 Å². The predicted octanol–water partition coefficient (Wildman–Crippen LogP) is 0.458. The first-order chi connectivity index (χ1) is 13.7. The van der Waals surface area contributed by atoms with Crippen molar-refractivity contribution in [2.24, 2.45) is 5.92 Å². The molecule has 1 aliphatic heterocycles. The number of hydrogen-bond acceptors (Lipinski definition) is 8. The number of carbonyl (C=O) groups excluding carboxylic acids is 1. The van der Waals surface area contributed by atoms with Gasteiger partial charge >= 0.3 is 0 Å². The van der Waals surface area contributed by atoms with Crippen LogP contribution >= 0.6 is 0 Å². The van der Waals surface area contributed by atoms with Gasteiger partial charge in [0.15, 0.2) is 11.5 Å². The molecule has 2 N–H and O–H groups in total. The van der Waals surface area contributed by atoms with Gasteiger partial charge in [0.05, 0.1) is 12.7 Å². The fourth-order valence-corrected chi connectivity index (χ4v) is 3.53. The Morgan fingerprint density at radius 1 is 1.25 bits per heavy atom. The molecule has 1 amide bonds. The quantitative estimate of drug-likeness (QED) is 0.653. The summed E-state index contributed by atoms with van der Waals surface area (Å²) in [6.07, 6.45) is 6.22. The summed E-state index contributed by atoms with van der Waals surface area (Å²) in [5.41, 5.74) is 7.13. The van der Waals surface area contributed by atoms with Gasteiger partial charge in [0.2, 0.25) is 17.7 Å². The zero-order valence-corrected chi connectivity index (χ0v) is 15.5. The average Bonchev–Trinajstić information content (AvgIpc) is 3.17. The number of rotatable bonds is 6. The van der Waals surface area contributed by atoms with Gasteiger partial charge in [-0.05, 0) is 18.8 Å². The highest BCUT2D eigenvalue weighted by Crippen LogP contribution is 2.30. The van der Waals surface area contributed by atoms with Crippen molar-refractivity contribution in [3.8, 4) is 11.6 Å².